The van der Waals surface area contributed by atoms with Crippen molar-refractivity contribution in [3.05, 3.63) is 0 Å². The normalized spacial score (nSPS) is 44.5. The van der Waals surface area contributed by atoms with Crippen molar-refractivity contribution in [2.24, 2.45) is 5.89 Å². The summed E-state index contributed by atoms with van der Waals surface area (Å²) in [5.74, 6) is -1.83. The summed E-state index contributed by atoms with van der Waals surface area (Å²) < 4.78 is 30.2. The van der Waals surface area contributed by atoms with E-state index in [9.17, 15) is 10.1 Å². The highest BCUT2D eigenvalue weighted by molar-refractivity contribution is 5.70. The van der Waals surface area contributed by atoms with Gasteiger partial charge in [-0.1, -0.05) is 0 Å². The summed E-state index contributed by atoms with van der Waals surface area (Å²) in [4.78, 5) is 13.9. The lowest BCUT2D eigenvalue weighted by molar-refractivity contribution is -0.0149. The fourth-order valence-electron chi connectivity index (χ4n) is 2.76. The third kappa shape index (κ3) is 2.31. The van der Waals surface area contributed by atoms with Gasteiger partial charge in [0.2, 0.25) is 0 Å². The summed E-state index contributed by atoms with van der Waals surface area (Å²) >= 11 is 0. The van der Waals surface area contributed by atoms with Crippen molar-refractivity contribution in [1.29, 1.82) is 5.26 Å². The van der Waals surface area contributed by atoms with E-state index in [0.29, 0.717) is 12.8 Å². The van der Waals surface area contributed by atoms with E-state index in [1.807, 2.05) is 6.07 Å². The van der Waals surface area contributed by atoms with Crippen LogP contribution in [0.4, 0.5) is 4.79 Å². The van der Waals surface area contributed by atoms with Crippen molar-refractivity contribution in [1.82, 2.24) is 4.90 Å². The Morgan fingerprint density at radius 3 is 2.89 bits per heavy atom. The number of rotatable bonds is 0. The largest absolute Gasteiger partial charge is 0.444 e. The molecule has 2 aliphatic heterocycles. The fraction of sp³-hybridized carbons (Fsp3) is 0.857. The summed E-state index contributed by atoms with van der Waals surface area (Å²) in [5, 5.41) is 9.26. The molecule has 1 amide bonds. The van der Waals surface area contributed by atoms with Gasteiger partial charge in [0.15, 0.2) is 0 Å². The number of piperidine rings is 1. The lowest BCUT2D eigenvalue weighted by Gasteiger charge is -2.44. The molecule has 0 N–H and O–H groups in total. The molecule has 3 atom stereocenters. The maximum atomic E-state index is 12.5. The third-order valence-corrected chi connectivity index (χ3v) is 3.45. The van der Waals surface area contributed by atoms with Gasteiger partial charge in [0, 0.05) is 15.7 Å². The number of nitrogens with zero attached hydrogens (tertiary/aromatic N) is 2. The van der Waals surface area contributed by atoms with Crippen LogP contribution in [0.25, 0.3) is 0 Å². The van der Waals surface area contributed by atoms with Crippen LogP contribution in [0.2, 0.25) is 0 Å². The maximum absolute atomic E-state index is 12.5. The van der Waals surface area contributed by atoms with Crippen LogP contribution in [0.15, 0.2) is 0 Å². The predicted octanol–water partition coefficient (Wildman–Crippen LogP) is 3.08. The van der Waals surface area contributed by atoms with E-state index >= 15 is 0 Å². The molecule has 100 valence electrons. The summed E-state index contributed by atoms with van der Waals surface area (Å²) in [7, 11) is 0. The minimum absolute atomic E-state index is 0.0192. The molecule has 0 aromatic heterocycles. The van der Waals surface area contributed by atoms with Crippen molar-refractivity contribution in [3.8, 4) is 6.07 Å². The summed E-state index contributed by atoms with van der Waals surface area (Å²) in [6.07, 6.45) is -1.62. The van der Waals surface area contributed by atoms with Crippen LogP contribution in [-0.2, 0) is 4.74 Å². The molecule has 2 aliphatic rings. The third-order valence-electron chi connectivity index (χ3n) is 3.45. The lowest BCUT2D eigenvalue weighted by Crippen LogP contribution is -2.54. The van der Waals surface area contributed by atoms with Crippen molar-refractivity contribution in [3.63, 3.8) is 0 Å². The second-order valence-electron chi connectivity index (χ2n) is 6.24. The molecule has 2 rings (SSSR count). The number of fused-ring (bicyclic) bond motifs is 2. The van der Waals surface area contributed by atoms with Gasteiger partial charge in [-0.05, 0) is 53.3 Å². The molecule has 0 aliphatic carbocycles. The zero-order valence-corrected chi connectivity index (χ0v) is 11.4. The second kappa shape index (κ2) is 4.15. The topological polar surface area (TPSA) is 53.3 Å². The fourth-order valence-corrected chi connectivity index (χ4v) is 2.76. The van der Waals surface area contributed by atoms with Gasteiger partial charge in [0.1, 0.15) is 5.60 Å². The average Bonchev–Trinajstić information content (AvgIpc) is 2.61. The molecule has 0 aromatic rings. The number of nitriles is 1. The monoisotopic (exact) mass is 253 g/mol. The Balaban J connectivity index is 2.41. The minimum atomic E-state index is -2.11. The van der Waals surface area contributed by atoms with Gasteiger partial charge in [0.05, 0.1) is 12.0 Å². The van der Waals surface area contributed by atoms with Crippen LogP contribution in [0.1, 0.15) is 57.4 Å². The smallest absolute Gasteiger partial charge is 0.410 e. The van der Waals surface area contributed by atoms with E-state index in [4.69, 9.17) is 8.85 Å². The van der Waals surface area contributed by atoms with Crippen molar-refractivity contribution in [2.45, 2.75) is 70.5 Å². The highest BCUT2D eigenvalue weighted by Crippen LogP contribution is 2.46. The molecule has 2 saturated heterocycles. The molecule has 2 heterocycles. The van der Waals surface area contributed by atoms with E-state index in [-0.39, 0.29) is 12.5 Å². The van der Waals surface area contributed by atoms with Gasteiger partial charge >= 0.3 is 6.09 Å². The first-order chi connectivity index (χ1) is 9.38. The number of carbonyl (C=O) groups is 1. The molecule has 4 heteroatoms. The molecular weight excluding hydrogens is 228 g/mol. The van der Waals surface area contributed by atoms with Gasteiger partial charge in [-0.3, -0.25) is 4.90 Å². The van der Waals surface area contributed by atoms with Crippen molar-refractivity contribution >= 4 is 6.09 Å². The van der Waals surface area contributed by atoms with Gasteiger partial charge < -0.3 is 4.74 Å². The van der Waals surface area contributed by atoms with E-state index < -0.39 is 29.5 Å². The first-order valence-corrected chi connectivity index (χ1v) is 6.31. The lowest BCUT2D eigenvalue weighted by atomic mass is 9.84. The molecule has 0 saturated carbocycles. The van der Waals surface area contributed by atoms with Crippen molar-refractivity contribution < 1.29 is 13.6 Å². The van der Waals surface area contributed by atoms with Crippen LogP contribution in [0.3, 0.4) is 0 Å². The first kappa shape index (κ1) is 9.66. The Labute approximate surface area is 113 Å². The molecule has 0 spiro atoms. The molecular formula is C14H22N2O2. The molecule has 4 nitrogen and oxygen atoms in total. The van der Waals surface area contributed by atoms with Crippen LogP contribution >= 0.6 is 0 Å². The Morgan fingerprint density at radius 1 is 1.67 bits per heavy atom. The second-order valence-corrected chi connectivity index (χ2v) is 6.24. The van der Waals surface area contributed by atoms with Gasteiger partial charge in [0.25, 0.3) is 0 Å². The number of ether oxygens (including phenoxy) is 1. The number of hydrogen-bond donors (Lipinski definition) is 0. The SMILES string of the molecule is [2H]C1(C#N)CC2CCC(C)(N2C(=O)OC(C)(C)C)C1([2H])[2H]. The Bertz CT molecular complexity index is 511. The van der Waals surface area contributed by atoms with Gasteiger partial charge in [-0.25, -0.2) is 4.79 Å². The van der Waals surface area contributed by atoms with Crippen molar-refractivity contribution in [2.75, 3.05) is 0 Å². The Morgan fingerprint density at radius 2 is 2.33 bits per heavy atom. The Kier molecular flexibility index (Phi) is 2.23. The molecule has 0 radical (unpaired) electrons. The molecule has 0 aromatic carbocycles. The Hall–Kier alpha value is -1.24. The first-order valence-electron chi connectivity index (χ1n) is 7.81. The van der Waals surface area contributed by atoms with Crippen LogP contribution < -0.4 is 0 Å². The zero-order chi connectivity index (χ0) is 16.3. The quantitative estimate of drug-likeness (QED) is 0.666. The predicted molar refractivity (Wildman–Crippen MR) is 67.8 cm³/mol. The summed E-state index contributed by atoms with van der Waals surface area (Å²) in [6, 6.07) is 1.50. The van der Waals surface area contributed by atoms with Crippen LogP contribution in [0, 0.1) is 17.2 Å². The van der Waals surface area contributed by atoms with Gasteiger partial charge in [-0.15, -0.1) is 0 Å². The standard InChI is InChI=1S/C14H22N2O2/c1-13(2,3)18-12(17)16-11-5-6-14(16,4)8-10(7-11)9-15/h10-11H,5-8H2,1-4H3/i8D2,10D. The molecule has 3 unspecified atom stereocenters. The van der Waals surface area contributed by atoms with E-state index in [0.717, 1.165) is 0 Å². The summed E-state index contributed by atoms with van der Waals surface area (Å²) in [6.45, 7) is 6.91. The van der Waals surface area contributed by atoms with Gasteiger partial charge in [-0.2, -0.15) is 5.26 Å². The number of hydrogen-bond acceptors (Lipinski definition) is 3. The van der Waals surface area contributed by atoms with E-state index in [1.54, 1.807) is 27.7 Å². The van der Waals surface area contributed by atoms with Crippen LogP contribution in [0.5, 0.6) is 0 Å². The molecule has 2 bridgehead atoms. The minimum Gasteiger partial charge on any atom is -0.444 e. The highest BCUT2D eigenvalue weighted by Gasteiger charge is 2.52. The van der Waals surface area contributed by atoms with E-state index in [1.165, 1.54) is 4.90 Å². The average molecular weight is 253 g/mol. The van der Waals surface area contributed by atoms with E-state index in [2.05, 4.69) is 0 Å². The number of carbonyl (C=O) groups excluding carboxylic acids is 1. The van der Waals surface area contributed by atoms with Crippen LogP contribution in [-0.4, -0.2) is 28.2 Å². The number of amides is 1. The summed E-state index contributed by atoms with van der Waals surface area (Å²) in [5.41, 5.74) is -1.85. The maximum Gasteiger partial charge on any atom is 0.410 e. The highest BCUT2D eigenvalue weighted by atomic mass is 16.6. The zero-order valence-electron chi connectivity index (χ0n) is 14.4. The molecule has 18 heavy (non-hydrogen) atoms. The molecule has 2 fully saturated rings.